The summed E-state index contributed by atoms with van der Waals surface area (Å²) in [5.41, 5.74) is 8.68. The van der Waals surface area contributed by atoms with Gasteiger partial charge in [-0.05, 0) is 29.7 Å². The Balaban J connectivity index is 1.83. The number of hydrogen-bond acceptors (Lipinski definition) is 4. The van der Waals surface area contributed by atoms with E-state index < -0.39 is 5.91 Å². The summed E-state index contributed by atoms with van der Waals surface area (Å²) in [4.78, 5) is 12.6. The molecule has 0 unspecified atom stereocenters. The number of rotatable bonds is 5. The number of nitrogens with zero attached hydrogens (tertiary/aromatic N) is 2. The van der Waals surface area contributed by atoms with E-state index in [1.54, 1.807) is 24.0 Å². The van der Waals surface area contributed by atoms with E-state index in [9.17, 15) is 9.90 Å². The summed E-state index contributed by atoms with van der Waals surface area (Å²) in [7, 11) is 1.76. The van der Waals surface area contributed by atoms with Crippen LogP contribution < -0.4 is 11.1 Å². The summed E-state index contributed by atoms with van der Waals surface area (Å²) in [5, 5.41) is 17.0. The first-order valence-corrected chi connectivity index (χ1v) is 7.96. The number of aromatic nitrogens is 2. The minimum absolute atomic E-state index is 0.0699. The van der Waals surface area contributed by atoms with Crippen molar-refractivity contribution in [2.45, 2.75) is 13.0 Å². The third-order valence-electron chi connectivity index (χ3n) is 3.91. The highest BCUT2D eigenvalue weighted by Crippen LogP contribution is 2.22. The van der Waals surface area contributed by atoms with Crippen LogP contribution >= 0.6 is 0 Å². The topological polar surface area (TPSA) is 93.2 Å². The number of hydrogen-bond donors (Lipinski definition) is 3. The van der Waals surface area contributed by atoms with Crippen molar-refractivity contribution in [3.8, 4) is 5.75 Å². The molecule has 0 aliphatic heterocycles. The van der Waals surface area contributed by atoms with Crippen molar-refractivity contribution in [3.05, 3.63) is 77.0 Å². The summed E-state index contributed by atoms with van der Waals surface area (Å²) >= 11 is 0. The van der Waals surface area contributed by atoms with Crippen molar-refractivity contribution in [3.63, 3.8) is 0 Å². The van der Waals surface area contributed by atoms with Crippen molar-refractivity contribution in [1.82, 2.24) is 9.78 Å². The number of amides is 1. The van der Waals surface area contributed by atoms with E-state index in [-0.39, 0.29) is 17.9 Å². The van der Waals surface area contributed by atoms with Crippen LogP contribution in [0.1, 0.15) is 27.0 Å². The molecule has 0 bridgehead atoms. The molecule has 0 saturated carbocycles. The minimum Gasteiger partial charge on any atom is -0.507 e. The first kappa shape index (κ1) is 16.7. The molecule has 0 saturated heterocycles. The van der Waals surface area contributed by atoms with Crippen LogP contribution in [0, 0.1) is 0 Å². The summed E-state index contributed by atoms with van der Waals surface area (Å²) in [6.07, 6.45) is 2.43. The molecule has 3 rings (SSSR count). The van der Waals surface area contributed by atoms with E-state index in [2.05, 4.69) is 10.4 Å². The zero-order chi connectivity index (χ0) is 17.8. The molecule has 4 N–H and O–H groups in total. The summed E-state index contributed by atoms with van der Waals surface area (Å²) in [6.45, 7) is 0.267. The lowest BCUT2D eigenvalue weighted by Gasteiger charge is -2.09. The minimum atomic E-state index is -0.416. The largest absolute Gasteiger partial charge is 0.507 e. The van der Waals surface area contributed by atoms with Crippen molar-refractivity contribution in [1.29, 1.82) is 0 Å². The number of phenols is 1. The van der Waals surface area contributed by atoms with Gasteiger partial charge in [-0.3, -0.25) is 9.48 Å². The normalized spacial score (nSPS) is 10.6. The first-order chi connectivity index (χ1) is 12.1. The van der Waals surface area contributed by atoms with Crippen LogP contribution in [0.4, 0.5) is 5.82 Å². The molecule has 0 spiro atoms. The molecule has 6 heteroatoms. The Hall–Kier alpha value is -3.12. The number of aryl methyl sites for hydroxylation is 1. The molecular weight excluding hydrogens is 316 g/mol. The molecule has 2 aromatic carbocycles. The van der Waals surface area contributed by atoms with Gasteiger partial charge in [-0.2, -0.15) is 5.10 Å². The molecule has 1 aromatic heterocycles. The van der Waals surface area contributed by atoms with Gasteiger partial charge in [-0.1, -0.05) is 36.4 Å². The Labute approximate surface area is 145 Å². The fourth-order valence-electron chi connectivity index (χ4n) is 2.67. The highest BCUT2D eigenvalue weighted by Gasteiger charge is 2.16. The van der Waals surface area contributed by atoms with Gasteiger partial charge in [-0.25, -0.2) is 0 Å². The number of phenolic OH excluding ortho intramolecular Hbond substituents is 1. The number of anilines is 1. The maximum absolute atomic E-state index is 12.6. The van der Waals surface area contributed by atoms with E-state index in [0.717, 1.165) is 16.7 Å². The average molecular weight is 336 g/mol. The maximum atomic E-state index is 12.6. The third kappa shape index (κ3) is 3.87. The number of nitrogens with two attached hydrogens (primary N) is 1. The second kappa shape index (κ2) is 7.19. The van der Waals surface area contributed by atoms with Gasteiger partial charge in [0, 0.05) is 25.4 Å². The van der Waals surface area contributed by atoms with Gasteiger partial charge in [0.05, 0.1) is 5.56 Å². The van der Waals surface area contributed by atoms with Crippen LogP contribution in [-0.4, -0.2) is 20.8 Å². The number of nitrogens with one attached hydrogen (secondary N) is 1. The molecule has 3 aromatic rings. The second-order valence-corrected chi connectivity index (χ2v) is 5.85. The van der Waals surface area contributed by atoms with Gasteiger partial charge >= 0.3 is 0 Å². The number of carbonyl (C=O) groups is 1. The Morgan fingerprint density at radius 3 is 2.68 bits per heavy atom. The number of carbonyl (C=O) groups excluding carboxylic acids is 1. The fraction of sp³-hybridized carbons (Fsp3) is 0.158. The lowest BCUT2D eigenvalue weighted by molar-refractivity contribution is 0.102. The molecule has 0 atom stereocenters. The fourth-order valence-corrected chi connectivity index (χ4v) is 2.67. The highest BCUT2D eigenvalue weighted by molar-refractivity contribution is 6.06. The van der Waals surface area contributed by atoms with E-state index in [4.69, 9.17) is 5.73 Å². The van der Waals surface area contributed by atoms with Crippen LogP contribution in [0.15, 0.2) is 54.7 Å². The number of aromatic hydroxyl groups is 1. The molecule has 1 heterocycles. The van der Waals surface area contributed by atoms with Gasteiger partial charge in [0.15, 0.2) is 5.82 Å². The lowest BCUT2D eigenvalue weighted by atomic mass is 10.0. The molecule has 0 radical (unpaired) electrons. The molecule has 0 aliphatic rings. The Kier molecular flexibility index (Phi) is 4.81. The van der Waals surface area contributed by atoms with Crippen LogP contribution in [0.2, 0.25) is 0 Å². The molecule has 0 aliphatic carbocycles. The standard InChI is InChI=1S/C19H20N4O2/c1-23-12-15(11-20)18(22-23)21-19(25)16-10-14(7-8-17(16)24)9-13-5-3-2-4-6-13/h2-8,10,12,24H,9,11,20H2,1H3,(H,21,22,25). The van der Waals surface area contributed by atoms with Crippen LogP contribution in [0.25, 0.3) is 0 Å². The lowest BCUT2D eigenvalue weighted by Crippen LogP contribution is -2.15. The summed E-state index contributed by atoms with van der Waals surface area (Å²) in [6, 6.07) is 15.0. The third-order valence-corrected chi connectivity index (χ3v) is 3.91. The van der Waals surface area contributed by atoms with E-state index in [0.29, 0.717) is 12.2 Å². The van der Waals surface area contributed by atoms with E-state index in [1.807, 2.05) is 36.4 Å². The number of benzene rings is 2. The van der Waals surface area contributed by atoms with Crippen LogP contribution in [-0.2, 0) is 20.0 Å². The van der Waals surface area contributed by atoms with Gasteiger partial charge in [-0.15, -0.1) is 0 Å². The molecule has 1 amide bonds. The van der Waals surface area contributed by atoms with Crippen LogP contribution in [0.3, 0.4) is 0 Å². The zero-order valence-electron chi connectivity index (χ0n) is 13.9. The monoisotopic (exact) mass is 336 g/mol. The van der Waals surface area contributed by atoms with Gasteiger partial charge < -0.3 is 16.2 Å². The molecule has 6 nitrogen and oxygen atoms in total. The van der Waals surface area contributed by atoms with E-state index in [1.165, 1.54) is 6.07 Å². The van der Waals surface area contributed by atoms with Crippen LogP contribution in [0.5, 0.6) is 5.75 Å². The molecule has 25 heavy (non-hydrogen) atoms. The Morgan fingerprint density at radius 2 is 1.96 bits per heavy atom. The molecular formula is C19H20N4O2. The maximum Gasteiger partial charge on any atom is 0.260 e. The van der Waals surface area contributed by atoms with Crippen molar-refractivity contribution in [2.24, 2.45) is 12.8 Å². The summed E-state index contributed by atoms with van der Waals surface area (Å²) < 4.78 is 1.59. The SMILES string of the molecule is Cn1cc(CN)c(NC(=O)c2cc(Cc3ccccc3)ccc2O)n1. The predicted molar refractivity (Wildman–Crippen MR) is 96.4 cm³/mol. The van der Waals surface area contributed by atoms with E-state index >= 15 is 0 Å². The Bertz CT molecular complexity index is 888. The highest BCUT2D eigenvalue weighted by atomic mass is 16.3. The second-order valence-electron chi connectivity index (χ2n) is 5.85. The van der Waals surface area contributed by atoms with Crippen molar-refractivity contribution < 1.29 is 9.90 Å². The van der Waals surface area contributed by atoms with Crippen molar-refractivity contribution >= 4 is 11.7 Å². The Morgan fingerprint density at radius 1 is 1.20 bits per heavy atom. The molecule has 0 fully saturated rings. The average Bonchev–Trinajstić information content (AvgIpc) is 2.97. The van der Waals surface area contributed by atoms with Gasteiger partial charge in [0.2, 0.25) is 0 Å². The predicted octanol–water partition coefficient (Wildman–Crippen LogP) is 2.43. The smallest absolute Gasteiger partial charge is 0.260 e. The van der Waals surface area contributed by atoms with Gasteiger partial charge in [0.1, 0.15) is 5.75 Å². The first-order valence-electron chi connectivity index (χ1n) is 7.96. The quantitative estimate of drug-likeness (QED) is 0.667. The molecule has 128 valence electrons. The van der Waals surface area contributed by atoms with Gasteiger partial charge in [0.25, 0.3) is 5.91 Å². The van der Waals surface area contributed by atoms with Crippen molar-refractivity contribution in [2.75, 3.05) is 5.32 Å². The zero-order valence-corrected chi connectivity index (χ0v) is 13.9. The summed E-state index contributed by atoms with van der Waals surface area (Å²) in [5.74, 6) is -0.0804.